The maximum atomic E-state index is 12.5. The van der Waals surface area contributed by atoms with Crippen molar-refractivity contribution < 1.29 is 14.4 Å². The first-order valence-corrected chi connectivity index (χ1v) is 12.1. The lowest BCUT2D eigenvalue weighted by Crippen LogP contribution is -2.51. The number of piperazine rings is 1. The summed E-state index contributed by atoms with van der Waals surface area (Å²) in [6.45, 7) is 13.2. The lowest BCUT2D eigenvalue weighted by atomic mass is 10.1. The smallest absolute Gasteiger partial charge is 0.243 e. The predicted molar refractivity (Wildman–Crippen MR) is 140 cm³/mol. The van der Waals surface area contributed by atoms with E-state index in [1.54, 1.807) is 0 Å². The van der Waals surface area contributed by atoms with Gasteiger partial charge in [0.2, 0.25) is 17.7 Å². The lowest BCUT2D eigenvalue weighted by Gasteiger charge is -2.33. The largest absolute Gasteiger partial charge is 0.346 e. The van der Waals surface area contributed by atoms with E-state index in [1.807, 2.05) is 69.9 Å². The number of nitrogens with one attached hydrogen (secondary N) is 3. The molecule has 3 N–H and O–H groups in total. The number of carbonyl (C=O) groups is 3. The van der Waals surface area contributed by atoms with Crippen molar-refractivity contribution in [1.82, 2.24) is 15.1 Å². The third-order valence-electron chi connectivity index (χ3n) is 6.33. The van der Waals surface area contributed by atoms with Gasteiger partial charge in [0.05, 0.1) is 19.6 Å². The Labute approximate surface area is 208 Å². The molecule has 0 atom stereocenters. The number of para-hydroxylation sites is 1. The van der Waals surface area contributed by atoms with Crippen LogP contribution in [0.4, 0.5) is 11.4 Å². The van der Waals surface area contributed by atoms with E-state index in [1.165, 1.54) is 0 Å². The van der Waals surface area contributed by atoms with Crippen LogP contribution in [0.15, 0.2) is 30.3 Å². The molecule has 0 radical (unpaired) electrons. The fourth-order valence-electron chi connectivity index (χ4n) is 4.50. The van der Waals surface area contributed by atoms with Crippen LogP contribution in [0.3, 0.4) is 0 Å². The van der Waals surface area contributed by atoms with Crippen molar-refractivity contribution in [3.63, 3.8) is 0 Å². The monoisotopic (exact) mass is 479 g/mol. The summed E-state index contributed by atoms with van der Waals surface area (Å²) < 4.78 is 0. The molecule has 1 aliphatic heterocycles. The number of rotatable bonds is 8. The van der Waals surface area contributed by atoms with Crippen molar-refractivity contribution in [2.75, 3.05) is 56.4 Å². The number of benzene rings is 2. The van der Waals surface area contributed by atoms with Gasteiger partial charge in [0.1, 0.15) is 0 Å². The molecule has 1 saturated heterocycles. The van der Waals surface area contributed by atoms with Gasteiger partial charge in [-0.1, -0.05) is 35.9 Å². The van der Waals surface area contributed by atoms with Crippen molar-refractivity contribution in [3.05, 3.63) is 58.1 Å². The van der Waals surface area contributed by atoms with Gasteiger partial charge in [-0.3, -0.25) is 24.2 Å². The van der Waals surface area contributed by atoms with Crippen LogP contribution < -0.4 is 16.0 Å². The molecule has 0 saturated carbocycles. The van der Waals surface area contributed by atoms with E-state index >= 15 is 0 Å². The topological polar surface area (TPSA) is 93.8 Å². The Morgan fingerprint density at radius 2 is 1.14 bits per heavy atom. The number of aryl methyl sites for hydroxylation is 5. The van der Waals surface area contributed by atoms with Crippen LogP contribution in [-0.2, 0) is 14.4 Å². The molecule has 1 fully saturated rings. The summed E-state index contributed by atoms with van der Waals surface area (Å²) in [4.78, 5) is 41.3. The average molecular weight is 480 g/mol. The summed E-state index contributed by atoms with van der Waals surface area (Å²) in [5.74, 6) is -0.453. The molecule has 35 heavy (non-hydrogen) atoms. The molecular weight excluding hydrogens is 442 g/mol. The summed E-state index contributed by atoms with van der Waals surface area (Å²) in [6.07, 6.45) is 0. The molecule has 8 nitrogen and oxygen atoms in total. The highest BCUT2D eigenvalue weighted by atomic mass is 16.2. The zero-order valence-corrected chi connectivity index (χ0v) is 21.5. The number of hydrogen-bond acceptors (Lipinski definition) is 5. The maximum Gasteiger partial charge on any atom is 0.243 e. The van der Waals surface area contributed by atoms with Crippen LogP contribution in [0.2, 0.25) is 0 Å². The van der Waals surface area contributed by atoms with Gasteiger partial charge in [-0.2, -0.15) is 0 Å². The van der Waals surface area contributed by atoms with Crippen molar-refractivity contribution in [1.29, 1.82) is 0 Å². The number of hydrogen-bond donors (Lipinski definition) is 3. The third kappa shape index (κ3) is 7.63. The molecule has 2 aromatic rings. The molecule has 0 aliphatic carbocycles. The van der Waals surface area contributed by atoms with E-state index < -0.39 is 0 Å². The van der Waals surface area contributed by atoms with Gasteiger partial charge in [0.25, 0.3) is 0 Å². The summed E-state index contributed by atoms with van der Waals surface area (Å²) in [6, 6.07) is 10.00. The highest BCUT2D eigenvalue weighted by molar-refractivity contribution is 5.96. The van der Waals surface area contributed by atoms with Gasteiger partial charge in [-0.15, -0.1) is 0 Å². The van der Waals surface area contributed by atoms with E-state index in [9.17, 15) is 14.4 Å². The first-order valence-electron chi connectivity index (χ1n) is 12.1. The highest BCUT2D eigenvalue weighted by Crippen LogP contribution is 2.22. The molecule has 2 aromatic carbocycles. The van der Waals surface area contributed by atoms with E-state index in [0.717, 1.165) is 39.2 Å². The molecule has 0 aromatic heterocycles. The fourth-order valence-corrected chi connectivity index (χ4v) is 4.50. The summed E-state index contributed by atoms with van der Waals surface area (Å²) in [5, 5.41) is 8.64. The van der Waals surface area contributed by atoms with Crippen molar-refractivity contribution in [2.45, 2.75) is 34.6 Å². The number of anilines is 2. The Morgan fingerprint density at radius 3 is 1.69 bits per heavy atom. The molecule has 0 bridgehead atoms. The van der Waals surface area contributed by atoms with Crippen LogP contribution >= 0.6 is 0 Å². The third-order valence-corrected chi connectivity index (χ3v) is 6.33. The first-order chi connectivity index (χ1) is 16.6. The Hall–Kier alpha value is -3.23. The van der Waals surface area contributed by atoms with Crippen LogP contribution in [0, 0.1) is 34.6 Å². The molecule has 188 valence electrons. The lowest BCUT2D eigenvalue weighted by molar-refractivity contribution is -0.125. The van der Waals surface area contributed by atoms with Gasteiger partial charge >= 0.3 is 0 Å². The second kappa shape index (κ2) is 12.0. The number of amides is 3. The number of carbonyl (C=O) groups excluding carboxylic acids is 3. The van der Waals surface area contributed by atoms with Crippen LogP contribution in [0.25, 0.3) is 0 Å². The zero-order chi connectivity index (χ0) is 25.5. The molecule has 0 unspecified atom stereocenters. The minimum atomic E-state index is -0.242. The predicted octanol–water partition coefficient (Wildman–Crippen LogP) is 2.54. The van der Waals surface area contributed by atoms with Gasteiger partial charge in [-0.25, -0.2) is 0 Å². The summed E-state index contributed by atoms with van der Waals surface area (Å²) in [7, 11) is 0. The summed E-state index contributed by atoms with van der Waals surface area (Å²) >= 11 is 0. The second-order valence-electron chi connectivity index (χ2n) is 9.47. The Bertz CT molecular complexity index is 1050. The van der Waals surface area contributed by atoms with Gasteiger partial charge in [0, 0.05) is 37.6 Å². The molecular formula is C27H37N5O3. The molecule has 1 aliphatic rings. The van der Waals surface area contributed by atoms with E-state index in [0.29, 0.717) is 32.7 Å². The molecule has 3 rings (SSSR count). The van der Waals surface area contributed by atoms with E-state index in [-0.39, 0.29) is 30.8 Å². The second-order valence-corrected chi connectivity index (χ2v) is 9.47. The molecule has 3 amide bonds. The summed E-state index contributed by atoms with van der Waals surface area (Å²) in [5.41, 5.74) is 6.93. The first kappa shape index (κ1) is 26.4. The maximum absolute atomic E-state index is 12.5. The van der Waals surface area contributed by atoms with Crippen molar-refractivity contribution in [2.24, 2.45) is 0 Å². The standard InChI is InChI=1S/C27H37N5O3/c1-18-13-21(4)27(22(5)14-18)29-23(33)15-28-24(34)16-31-9-11-32(12-10-31)17-25(35)30-26-19(2)7-6-8-20(26)3/h6-8,13-14H,9-12,15-17H2,1-5H3,(H,28,34)(H,29,33)(H,30,35). The average Bonchev–Trinajstić information content (AvgIpc) is 2.79. The fraction of sp³-hybridized carbons (Fsp3) is 0.444. The van der Waals surface area contributed by atoms with Crippen molar-refractivity contribution in [3.8, 4) is 0 Å². The minimum absolute atomic E-state index is 0.0290. The minimum Gasteiger partial charge on any atom is -0.346 e. The van der Waals surface area contributed by atoms with E-state index in [4.69, 9.17) is 0 Å². The number of nitrogens with zero attached hydrogens (tertiary/aromatic N) is 2. The van der Waals surface area contributed by atoms with Crippen LogP contribution in [0.5, 0.6) is 0 Å². The van der Waals surface area contributed by atoms with Crippen LogP contribution in [0.1, 0.15) is 27.8 Å². The quantitative estimate of drug-likeness (QED) is 0.541. The molecule has 8 heteroatoms. The normalized spacial score (nSPS) is 14.4. The molecule has 1 heterocycles. The Kier molecular flexibility index (Phi) is 9.01. The van der Waals surface area contributed by atoms with Gasteiger partial charge in [-0.05, 0) is 56.9 Å². The molecule has 0 spiro atoms. The Morgan fingerprint density at radius 1 is 0.686 bits per heavy atom. The van der Waals surface area contributed by atoms with Crippen molar-refractivity contribution >= 4 is 29.1 Å². The Balaban J connectivity index is 1.37. The SMILES string of the molecule is Cc1cc(C)c(NC(=O)CNC(=O)CN2CCN(CC(=O)Nc3c(C)cccc3C)CC2)c(C)c1. The van der Waals surface area contributed by atoms with E-state index in [2.05, 4.69) is 20.9 Å². The van der Waals surface area contributed by atoms with Gasteiger partial charge < -0.3 is 16.0 Å². The van der Waals surface area contributed by atoms with Gasteiger partial charge in [0.15, 0.2) is 0 Å². The highest BCUT2D eigenvalue weighted by Gasteiger charge is 2.21. The van der Waals surface area contributed by atoms with Crippen LogP contribution in [-0.4, -0.2) is 73.3 Å². The zero-order valence-electron chi connectivity index (χ0n) is 21.5.